The van der Waals surface area contributed by atoms with Gasteiger partial charge >= 0.3 is 23.9 Å². The fourth-order valence-electron chi connectivity index (χ4n) is 5.06. The summed E-state index contributed by atoms with van der Waals surface area (Å²) in [4.78, 5) is 50.8. The Kier molecular flexibility index (Phi) is 16.4. The van der Waals surface area contributed by atoms with E-state index in [1.165, 1.54) is 0 Å². The highest BCUT2D eigenvalue weighted by Crippen LogP contribution is 2.38. The Balaban J connectivity index is 2.58. The summed E-state index contributed by atoms with van der Waals surface area (Å²) in [7, 11) is 0. The van der Waals surface area contributed by atoms with Crippen LogP contribution in [0, 0.1) is 17.8 Å². The number of carbonyl (C=O) groups excluding carboxylic acids is 4. The summed E-state index contributed by atoms with van der Waals surface area (Å²) in [5, 5.41) is 42.4. The van der Waals surface area contributed by atoms with Crippen LogP contribution in [-0.2, 0) is 52.3 Å². The normalized spacial score (nSPS) is 32.6. The highest BCUT2D eigenvalue weighted by molar-refractivity contribution is 5.72. The number of esters is 4. The summed E-state index contributed by atoms with van der Waals surface area (Å²) in [5.74, 6) is -5.47. The molecule has 3 unspecified atom stereocenters. The molecular formula is C32H54O15. The molecule has 2 rings (SSSR count). The van der Waals surface area contributed by atoms with Crippen LogP contribution in [0.4, 0.5) is 0 Å². The standard InChI is InChI=1S/C32H54O15/c1-8-17(4)11-23(36)43-27-21(14-33)42-31(47-32(16-34)30(40)26(39)22(46-32)15-41-20(7)35)29(45-25(38)13-19(6)10-3)28(27)44-24(37)12-18(5)9-2/h17-19,21-22,26-31,33-34,39-40H,8-16H2,1-7H3/t17?,18?,19?,21-,22-,26-,27-,28+,29-,30+,31-,32+/m1/s1. The van der Waals surface area contributed by atoms with Crippen molar-refractivity contribution >= 4 is 23.9 Å². The largest absolute Gasteiger partial charge is 0.463 e. The molecule has 0 amide bonds. The number of carbonyl (C=O) groups is 4. The van der Waals surface area contributed by atoms with Gasteiger partial charge in [-0.3, -0.25) is 19.2 Å². The molecule has 15 nitrogen and oxygen atoms in total. The average Bonchev–Trinajstić information content (AvgIpc) is 3.26. The van der Waals surface area contributed by atoms with Gasteiger partial charge in [-0.15, -0.1) is 0 Å². The van der Waals surface area contributed by atoms with Gasteiger partial charge in [-0.1, -0.05) is 60.8 Å². The molecule has 0 aromatic heterocycles. The predicted molar refractivity (Wildman–Crippen MR) is 162 cm³/mol. The predicted octanol–water partition coefficient (Wildman–Crippen LogP) is 1.14. The Morgan fingerprint density at radius 1 is 0.745 bits per heavy atom. The van der Waals surface area contributed by atoms with E-state index in [4.69, 9.17) is 33.2 Å². The Morgan fingerprint density at radius 3 is 1.64 bits per heavy atom. The van der Waals surface area contributed by atoms with E-state index in [1.54, 1.807) is 0 Å². The van der Waals surface area contributed by atoms with Gasteiger partial charge in [0.2, 0.25) is 12.1 Å². The van der Waals surface area contributed by atoms with Crippen molar-refractivity contribution in [3.63, 3.8) is 0 Å². The maximum absolute atomic E-state index is 13.2. The number of aliphatic hydroxyl groups excluding tert-OH is 4. The van der Waals surface area contributed by atoms with Crippen LogP contribution in [0.5, 0.6) is 0 Å². The SMILES string of the molecule is CCC(C)CC(=O)O[C@@H]1[C@@H](OC(=O)CC(C)CC)[C@@H](O[C@]2(CO)O[C@H](COC(C)=O)[C@@H](O)[C@@H]2O)O[C@H](CO)[C@H]1OC(=O)CC(C)CC. The van der Waals surface area contributed by atoms with Gasteiger partial charge in [0.1, 0.15) is 37.6 Å². The van der Waals surface area contributed by atoms with Crippen molar-refractivity contribution in [2.75, 3.05) is 19.8 Å². The highest BCUT2D eigenvalue weighted by atomic mass is 16.8. The van der Waals surface area contributed by atoms with Crippen molar-refractivity contribution in [1.29, 1.82) is 0 Å². The zero-order valence-electron chi connectivity index (χ0n) is 28.5. The third-order valence-electron chi connectivity index (χ3n) is 8.70. The van der Waals surface area contributed by atoms with Crippen molar-refractivity contribution in [3.05, 3.63) is 0 Å². The molecule has 0 spiro atoms. The molecule has 4 N–H and O–H groups in total. The van der Waals surface area contributed by atoms with Gasteiger partial charge in [0.25, 0.3) is 0 Å². The van der Waals surface area contributed by atoms with Crippen LogP contribution in [0.1, 0.15) is 87.0 Å². The second kappa shape index (κ2) is 19.0. The monoisotopic (exact) mass is 678 g/mol. The van der Waals surface area contributed by atoms with E-state index in [0.29, 0.717) is 19.3 Å². The molecule has 15 heteroatoms. The summed E-state index contributed by atoms with van der Waals surface area (Å²) >= 11 is 0. The highest BCUT2D eigenvalue weighted by Gasteiger charge is 2.61. The summed E-state index contributed by atoms with van der Waals surface area (Å²) in [6.07, 6.45) is -11.0. The molecule has 2 saturated heterocycles. The first-order chi connectivity index (χ1) is 22.1. The van der Waals surface area contributed by atoms with Gasteiger partial charge in [-0.25, -0.2) is 0 Å². The van der Waals surface area contributed by atoms with E-state index in [9.17, 15) is 39.6 Å². The van der Waals surface area contributed by atoms with E-state index >= 15 is 0 Å². The molecule has 0 aliphatic carbocycles. The second-order valence-corrected chi connectivity index (χ2v) is 12.7. The van der Waals surface area contributed by atoms with Crippen molar-refractivity contribution < 1.29 is 72.8 Å². The zero-order chi connectivity index (χ0) is 35.5. The lowest BCUT2D eigenvalue weighted by molar-refractivity contribution is -0.384. The number of rotatable bonds is 18. The molecule has 0 saturated carbocycles. The topological polar surface area (TPSA) is 214 Å². The second-order valence-electron chi connectivity index (χ2n) is 12.7. The van der Waals surface area contributed by atoms with E-state index in [-0.39, 0.29) is 37.0 Å². The van der Waals surface area contributed by atoms with Crippen LogP contribution in [0.2, 0.25) is 0 Å². The van der Waals surface area contributed by atoms with Crippen LogP contribution in [0.25, 0.3) is 0 Å². The third-order valence-corrected chi connectivity index (χ3v) is 8.70. The molecule has 0 radical (unpaired) electrons. The van der Waals surface area contributed by atoms with E-state index in [0.717, 1.165) is 6.92 Å². The summed E-state index contributed by atoms with van der Waals surface area (Å²) in [6.45, 7) is 9.97. The third kappa shape index (κ3) is 11.3. The van der Waals surface area contributed by atoms with Crippen LogP contribution >= 0.6 is 0 Å². The average molecular weight is 679 g/mol. The van der Waals surface area contributed by atoms with E-state index in [1.807, 2.05) is 41.5 Å². The molecule has 12 atom stereocenters. The van der Waals surface area contributed by atoms with Crippen LogP contribution in [0.3, 0.4) is 0 Å². The number of hydrogen-bond donors (Lipinski definition) is 4. The van der Waals surface area contributed by atoms with Crippen molar-refractivity contribution in [3.8, 4) is 0 Å². The maximum Gasteiger partial charge on any atom is 0.306 e. The van der Waals surface area contributed by atoms with Gasteiger partial charge in [0.05, 0.1) is 6.61 Å². The van der Waals surface area contributed by atoms with Gasteiger partial charge in [-0.05, 0) is 17.8 Å². The van der Waals surface area contributed by atoms with E-state index in [2.05, 4.69) is 0 Å². The summed E-state index contributed by atoms with van der Waals surface area (Å²) in [6, 6.07) is 0. The zero-order valence-corrected chi connectivity index (χ0v) is 28.5. The smallest absolute Gasteiger partial charge is 0.306 e. The van der Waals surface area contributed by atoms with Gasteiger partial charge in [-0.2, -0.15) is 0 Å². The molecule has 0 bridgehead atoms. The van der Waals surface area contributed by atoms with Crippen LogP contribution < -0.4 is 0 Å². The Labute approximate surface area is 276 Å². The summed E-state index contributed by atoms with van der Waals surface area (Å²) < 4.78 is 39.9. The van der Waals surface area contributed by atoms with E-state index < -0.39 is 98.5 Å². The molecule has 2 aliphatic heterocycles. The molecule has 0 aromatic rings. The molecule has 2 heterocycles. The Bertz CT molecular complexity index is 1020. The fourth-order valence-corrected chi connectivity index (χ4v) is 5.06. The minimum atomic E-state index is -2.42. The number of ether oxygens (including phenoxy) is 7. The minimum Gasteiger partial charge on any atom is -0.463 e. The Morgan fingerprint density at radius 2 is 1.21 bits per heavy atom. The van der Waals surface area contributed by atoms with Gasteiger partial charge < -0.3 is 53.6 Å². The lowest BCUT2D eigenvalue weighted by atomic mass is 9.96. The lowest BCUT2D eigenvalue weighted by Gasteiger charge is -2.46. The first kappa shape index (κ1) is 40.8. The fraction of sp³-hybridized carbons (Fsp3) is 0.875. The van der Waals surface area contributed by atoms with Crippen molar-refractivity contribution in [1.82, 2.24) is 0 Å². The molecule has 2 fully saturated rings. The maximum atomic E-state index is 13.2. The molecule has 272 valence electrons. The molecular weight excluding hydrogens is 624 g/mol. The van der Waals surface area contributed by atoms with Gasteiger partial charge in [0, 0.05) is 26.2 Å². The molecule has 0 aromatic carbocycles. The first-order valence-electron chi connectivity index (χ1n) is 16.5. The van der Waals surface area contributed by atoms with Crippen molar-refractivity contribution in [2.45, 2.75) is 142 Å². The quantitative estimate of drug-likeness (QED) is 0.118. The number of hydrogen-bond acceptors (Lipinski definition) is 15. The lowest BCUT2D eigenvalue weighted by Crippen LogP contribution is -2.65. The van der Waals surface area contributed by atoms with Crippen LogP contribution in [-0.4, -0.2) is 119 Å². The molecule has 47 heavy (non-hydrogen) atoms. The first-order valence-corrected chi connectivity index (χ1v) is 16.5. The number of aliphatic hydroxyl groups is 4. The van der Waals surface area contributed by atoms with Gasteiger partial charge in [0.15, 0.2) is 18.3 Å². The van der Waals surface area contributed by atoms with Crippen molar-refractivity contribution in [2.24, 2.45) is 17.8 Å². The Hall–Kier alpha value is -2.40. The van der Waals surface area contributed by atoms with Crippen LogP contribution in [0.15, 0.2) is 0 Å². The minimum absolute atomic E-state index is 0.00630. The molecule has 2 aliphatic rings. The summed E-state index contributed by atoms with van der Waals surface area (Å²) in [5.41, 5.74) is 0.